The molecule has 0 aliphatic heterocycles. The van der Waals surface area contributed by atoms with Gasteiger partial charge in [-0.2, -0.15) is 0 Å². The van der Waals surface area contributed by atoms with Crippen LogP contribution in [-0.2, 0) is 14.1 Å². The Morgan fingerprint density at radius 3 is 1.50 bits per heavy atom. The fraction of sp³-hybridized carbons (Fsp3) is 0.444. The summed E-state index contributed by atoms with van der Waals surface area (Å²) < 4.78 is 15.6. The number of nitrogens with zero attached hydrogens (tertiary/aromatic N) is 2. The van der Waals surface area contributed by atoms with E-state index >= 15 is 0 Å². The van der Waals surface area contributed by atoms with Crippen LogP contribution < -0.4 is 18.6 Å². The zero-order valence-electron chi connectivity index (χ0n) is 14.0. The average Bonchev–Trinajstić information content (AvgIpc) is 2.50. The average molecular weight is 302 g/mol. The van der Waals surface area contributed by atoms with Gasteiger partial charge in [0.15, 0.2) is 22.9 Å². The van der Waals surface area contributed by atoms with E-state index in [9.17, 15) is 0 Å². The number of pyridine rings is 2. The molecule has 4 heteroatoms. The van der Waals surface area contributed by atoms with Crippen LogP contribution in [0.4, 0.5) is 0 Å². The van der Waals surface area contributed by atoms with E-state index in [0.29, 0.717) is 13.2 Å². The standard InChI is InChI=1S/C18H26N2O2/c1-15-7-9-17(13-19(15)3)21-11-5-6-12-22-18-10-8-16(2)20(4)14-18/h7-10,13-14H,5-6,11-12H2,1-4H3/q+2. The molecule has 0 N–H and O–H groups in total. The van der Waals surface area contributed by atoms with Gasteiger partial charge in [0.1, 0.15) is 14.1 Å². The Kier molecular flexibility index (Phi) is 5.75. The maximum absolute atomic E-state index is 5.75. The first-order chi connectivity index (χ1) is 10.6. The number of aromatic nitrogens is 2. The number of hydrogen-bond acceptors (Lipinski definition) is 2. The molecule has 0 fully saturated rings. The molecular formula is C18H26N2O2+2. The van der Waals surface area contributed by atoms with Crippen molar-refractivity contribution in [3.05, 3.63) is 48.0 Å². The number of aryl methyl sites for hydroxylation is 4. The largest absolute Gasteiger partial charge is 0.487 e. The molecule has 0 atom stereocenters. The highest BCUT2D eigenvalue weighted by Gasteiger charge is 2.05. The molecule has 0 spiro atoms. The molecule has 0 aromatic carbocycles. The molecule has 0 amide bonds. The molecular weight excluding hydrogens is 276 g/mol. The molecule has 22 heavy (non-hydrogen) atoms. The molecule has 2 aromatic rings. The highest BCUT2D eigenvalue weighted by molar-refractivity contribution is 5.15. The summed E-state index contributed by atoms with van der Waals surface area (Å²) >= 11 is 0. The Morgan fingerprint density at radius 2 is 1.14 bits per heavy atom. The summed E-state index contributed by atoms with van der Waals surface area (Å²) in [5, 5.41) is 0. The Bertz CT molecular complexity index is 571. The van der Waals surface area contributed by atoms with E-state index in [1.165, 1.54) is 11.4 Å². The summed E-state index contributed by atoms with van der Waals surface area (Å²) in [5.41, 5.74) is 2.43. The van der Waals surface area contributed by atoms with E-state index in [4.69, 9.17) is 9.47 Å². The topological polar surface area (TPSA) is 26.2 Å². The summed E-state index contributed by atoms with van der Waals surface area (Å²) in [6.07, 6.45) is 5.99. The van der Waals surface area contributed by atoms with Crippen LogP contribution in [0.25, 0.3) is 0 Å². The van der Waals surface area contributed by atoms with Crippen molar-refractivity contribution in [3.8, 4) is 11.5 Å². The van der Waals surface area contributed by atoms with Crippen molar-refractivity contribution in [1.82, 2.24) is 0 Å². The van der Waals surface area contributed by atoms with Crippen molar-refractivity contribution in [3.63, 3.8) is 0 Å². The van der Waals surface area contributed by atoms with Crippen LogP contribution in [0.5, 0.6) is 11.5 Å². The molecule has 0 aliphatic rings. The monoisotopic (exact) mass is 302 g/mol. The summed E-state index contributed by atoms with van der Waals surface area (Å²) in [4.78, 5) is 0. The molecule has 0 bridgehead atoms. The number of unbranched alkanes of at least 4 members (excludes halogenated alkanes) is 1. The summed E-state index contributed by atoms with van der Waals surface area (Å²) in [6.45, 7) is 5.58. The van der Waals surface area contributed by atoms with Crippen LogP contribution in [-0.4, -0.2) is 13.2 Å². The van der Waals surface area contributed by atoms with Gasteiger partial charge in [-0.3, -0.25) is 0 Å². The second-order valence-electron chi connectivity index (χ2n) is 5.64. The van der Waals surface area contributed by atoms with Gasteiger partial charge in [-0.15, -0.1) is 0 Å². The zero-order valence-corrected chi connectivity index (χ0v) is 14.0. The maximum atomic E-state index is 5.75. The first-order valence-electron chi connectivity index (χ1n) is 7.74. The third-order valence-corrected chi connectivity index (χ3v) is 3.81. The van der Waals surface area contributed by atoms with Crippen molar-refractivity contribution in [2.75, 3.05) is 13.2 Å². The lowest BCUT2D eigenvalue weighted by Gasteiger charge is -2.07. The van der Waals surface area contributed by atoms with Crippen molar-refractivity contribution >= 4 is 0 Å². The van der Waals surface area contributed by atoms with Gasteiger partial charge in [0.2, 0.25) is 12.4 Å². The molecule has 0 saturated heterocycles. The van der Waals surface area contributed by atoms with Gasteiger partial charge in [-0.25, -0.2) is 9.13 Å². The summed E-state index contributed by atoms with van der Waals surface area (Å²) in [7, 11) is 4.05. The number of ether oxygens (including phenoxy) is 2. The van der Waals surface area contributed by atoms with Gasteiger partial charge >= 0.3 is 0 Å². The van der Waals surface area contributed by atoms with Gasteiger partial charge in [-0.05, 0) is 25.0 Å². The van der Waals surface area contributed by atoms with Crippen molar-refractivity contribution < 1.29 is 18.6 Å². The van der Waals surface area contributed by atoms with Gasteiger partial charge in [0, 0.05) is 26.0 Å². The van der Waals surface area contributed by atoms with Gasteiger partial charge in [0.25, 0.3) is 0 Å². The Hall–Kier alpha value is -2.10. The molecule has 0 aliphatic carbocycles. The van der Waals surface area contributed by atoms with Crippen LogP contribution in [0.1, 0.15) is 24.2 Å². The molecule has 0 radical (unpaired) electrons. The van der Waals surface area contributed by atoms with Crippen LogP contribution in [0.2, 0.25) is 0 Å². The van der Waals surface area contributed by atoms with Gasteiger partial charge in [0.05, 0.1) is 13.2 Å². The van der Waals surface area contributed by atoms with Crippen molar-refractivity contribution in [1.29, 1.82) is 0 Å². The molecule has 0 unspecified atom stereocenters. The van der Waals surface area contributed by atoms with E-state index in [-0.39, 0.29) is 0 Å². The highest BCUT2D eigenvalue weighted by atomic mass is 16.5. The van der Waals surface area contributed by atoms with Gasteiger partial charge in [-0.1, -0.05) is 0 Å². The first kappa shape index (κ1) is 16.3. The minimum atomic E-state index is 0.716. The molecule has 4 nitrogen and oxygen atoms in total. The van der Waals surface area contributed by atoms with E-state index < -0.39 is 0 Å². The fourth-order valence-electron chi connectivity index (χ4n) is 2.07. The quantitative estimate of drug-likeness (QED) is 0.579. The van der Waals surface area contributed by atoms with E-state index in [2.05, 4.69) is 35.1 Å². The molecule has 118 valence electrons. The predicted octanol–water partition coefficient (Wildman–Crippen LogP) is 2.19. The molecule has 2 rings (SSSR count). The second-order valence-corrected chi connectivity index (χ2v) is 5.64. The van der Waals surface area contributed by atoms with E-state index in [1.54, 1.807) is 0 Å². The van der Waals surface area contributed by atoms with E-state index in [0.717, 1.165) is 24.3 Å². The van der Waals surface area contributed by atoms with Gasteiger partial charge < -0.3 is 9.47 Å². The van der Waals surface area contributed by atoms with Crippen LogP contribution in [0.15, 0.2) is 36.7 Å². The summed E-state index contributed by atoms with van der Waals surface area (Å²) in [5.74, 6) is 1.83. The van der Waals surface area contributed by atoms with Crippen LogP contribution >= 0.6 is 0 Å². The minimum absolute atomic E-state index is 0.716. The maximum Gasteiger partial charge on any atom is 0.211 e. The van der Waals surface area contributed by atoms with Crippen LogP contribution in [0.3, 0.4) is 0 Å². The lowest BCUT2D eigenvalue weighted by Crippen LogP contribution is -2.31. The Labute approximate surface area is 132 Å². The third kappa shape index (κ3) is 4.72. The fourth-order valence-corrected chi connectivity index (χ4v) is 2.07. The molecule has 2 heterocycles. The Morgan fingerprint density at radius 1 is 0.727 bits per heavy atom. The van der Waals surface area contributed by atoms with Crippen molar-refractivity contribution in [2.24, 2.45) is 14.1 Å². The molecule has 0 saturated carbocycles. The minimum Gasteiger partial charge on any atom is -0.487 e. The summed E-state index contributed by atoms with van der Waals surface area (Å²) in [6, 6.07) is 8.15. The second kappa shape index (κ2) is 7.78. The third-order valence-electron chi connectivity index (χ3n) is 3.81. The SMILES string of the molecule is Cc1ccc(OCCCCOc2ccc(C)[n+](C)c2)c[n+]1C. The highest BCUT2D eigenvalue weighted by Crippen LogP contribution is 2.09. The van der Waals surface area contributed by atoms with E-state index in [1.807, 2.05) is 38.6 Å². The van der Waals surface area contributed by atoms with Crippen LogP contribution in [0, 0.1) is 13.8 Å². The number of hydrogen-bond donors (Lipinski definition) is 0. The smallest absolute Gasteiger partial charge is 0.211 e. The number of rotatable bonds is 7. The predicted molar refractivity (Wildman–Crippen MR) is 84.9 cm³/mol. The lowest BCUT2D eigenvalue weighted by molar-refractivity contribution is -0.678. The normalized spacial score (nSPS) is 10.5. The van der Waals surface area contributed by atoms with Crippen molar-refractivity contribution in [2.45, 2.75) is 26.7 Å². The molecule has 2 aromatic heterocycles. The Balaban J connectivity index is 1.65. The lowest BCUT2D eigenvalue weighted by atomic mass is 10.3. The zero-order chi connectivity index (χ0) is 15.9. The first-order valence-corrected chi connectivity index (χ1v) is 7.74.